The lowest BCUT2D eigenvalue weighted by molar-refractivity contribution is 0.0958. The fourth-order valence-electron chi connectivity index (χ4n) is 1.40. The highest BCUT2D eigenvalue weighted by Gasteiger charge is 2.04. The lowest BCUT2D eigenvalue weighted by Gasteiger charge is -2.03. The molecule has 0 saturated heterocycles. The molecule has 0 spiro atoms. The van der Waals surface area contributed by atoms with Crippen molar-refractivity contribution in [2.24, 2.45) is 0 Å². The fourth-order valence-corrected chi connectivity index (χ4v) is 2.14. The van der Waals surface area contributed by atoms with Gasteiger partial charge in [0.2, 0.25) is 0 Å². The quantitative estimate of drug-likeness (QED) is 0.638. The first kappa shape index (κ1) is 13.2. The number of terminal acetylenes is 1. The molecule has 0 saturated carbocycles. The zero-order chi connectivity index (χ0) is 13.5. The number of benzene rings is 1. The standard InChI is InChI=1S/C13H12N4OS/c1-2-7-14-12(18)11-5-3-10(4-6-11)8-19-13-15-9-16-17-13/h1,3-6,9H,7-8H2,(H,14,18)(H,15,16,17). The molecule has 0 aliphatic carbocycles. The van der Waals surface area contributed by atoms with Gasteiger partial charge in [-0.2, -0.15) is 5.10 Å². The number of carbonyl (C=O) groups is 1. The first-order valence-electron chi connectivity index (χ1n) is 5.58. The van der Waals surface area contributed by atoms with Gasteiger partial charge < -0.3 is 5.32 Å². The summed E-state index contributed by atoms with van der Waals surface area (Å²) >= 11 is 1.55. The summed E-state index contributed by atoms with van der Waals surface area (Å²) in [5, 5.41) is 9.95. The molecule has 1 amide bonds. The van der Waals surface area contributed by atoms with Crippen molar-refractivity contribution in [1.82, 2.24) is 20.5 Å². The van der Waals surface area contributed by atoms with E-state index in [1.165, 1.54) is 6.33 Å². The Labute approximate surface area is 115 Å². The van der Waals surface area contributed by atoms with Gasteiger partial charge in [0.05, 0.1) is 6.54 Å². The van der Waals surface area contributed by atoms with E-state index in [2.05, 4.69) is 26.4 Å². The number of rotatable bonds is 5. The lowest BCUT2D eigenvalue weighted by atomic mass is 10.1. The third-order valence-electron chi connectivity index (χ3n) is 2.34. The summed E-state index contributed by atoms with van der Waals surface area (Å²) in [5.74, 6) is 2.97. The monoisotopic (exact) mass is 272 g/mol. The Morgan fingerprint density at radius 1 is 1.42 bits per heavy atom. The number of aromatic nitrogens is 3. The molecule has 0 aliphatic rings. The van der Waals surface area contributed by atoms with E-state index in [9.17, 15) is 4.79 Å². The number of aromatic amines is 1. The van der Waals surface area contributed by atoms with Crippen molar-refractivity contribution in [2.45, 2.75) is 10.9 Å². The minimum atomic E-state index is -0.160. The van der Waals surface area contributed by atoms with Crippen molar-refractivity contribution in [2.75, 3.05) is 6.54 Å². The van der Waals surface area contributed by atoms with Crippen LogP contribution in [-0.2, 0) is 5.75 Å². The predicted molar refractivity (Wildman–Crippen MR) is 73.6 cm³/mol. The average Bonchev–Trinajstić information content (AvgIpc) is 2.96. The largest absolute Gasteiger partial charge is 0.341 e. The summed E-state index contributed by atoms with van der Waals surface area (Å²) in [6.07, 6.45) is 6.56. The highest BCUT2D eigenvalue weighted by atomic mass is 32.2. The molecule has 2 rings (SSSR count). The Morgan fingerprint density at radius 3 is 2.84 bits per heavy atom. The van der Waals surface area contributed by atoms with E-state index in [0.29, 0.717) is 5.56 Å². The summed E-state index contributed by atoms with van der Waals surface area (Å²) < 4.78 is 0. The van der Waals surface area contributed by atoms with Crippen LogP contribution in [0.5, 0.6) is 0 Å². The van der Waals surface area contributed by atoms with Crippen LogP contribution in [0.25, 0.3) is 0 Å². The number of hydrogen-bond donors (Lipinski definition) is 2. The Balaban J connectivity index is 1.91. The molecule has 1 aromatic carbocycles. The van der Waals surface area contributed by atoms with Crippen molar-refractivity contribution in [3.8, 4) is 12.3 Å². The maximum atomic E-state index is 11.6. The molecule has 0 aliphatic heterocycles. The highest BCUT2D eigenvalue weighted by molar-refractivity contribution is 7.98. The minimum Gasteiger partial charge on any atom is -0.341 e. The summed E-state index contributed by atoms with van der Waals surface area (Å²) in [4.78, 5) is 15.6. The number of hydrogen-bond acceptors (Lipinski definition) is 4. The number of nitrogens with zero attached hydrogens (tertiary/aromatic N) is 2. The van der Waals surface area contributed by atoms with E-state index in [4.69, 9.17) is 6.42 Å². The molecule has 0 radical (unpaired) electrons. The maximum Gasteiger partial charge on any atom is 0.252 e. The number of nitrogens with one attached hydrogen (secondary N) is 2. The smallest absolute Gasteiger partial charge is 0.252 e. The van der Waals surface area contributed by atoms with E-state index in [1.54, 1.807) is 23.9 Å². The average molecular weight is 272 g/mol. The second-order valence-corrected chi connectivity index (χ2v) is 4.63. The molecule has 6 heteroatoms. The Bertz CT molecular complexity index is 572. The van der Waals surface area contributed by atoms with Gasteiger partial charge in [-0.25, -0.2) is 4.98 Å². The summed E-state index contributed by atoms with van der Waals surface area (Å²) in [5.41, 5.74) is 1.71. The van der Waals surface area contributed by atoms with Crippen LogP contribution < -0.4 is 5.32 Å². The van der Waals surface area contributed by atoms with Crippen LogP contribution in [0.2, 0.25) is 0 Å². The first-order valence-corrected chi connectivity index (χ1v) is 6.57. The molecule has 5 nitrogen and oxygen atoms in total. The minimum absolute atomic E-state index is 0.160. The number of amides is 1. The van der Waals surface area contributed by atoms with Gasteiger partial charge in [0.25, 0.3) is 5.91 Å². The lowest BCUT2D eigenvalue weighted by Crippen LogP contribution is -2.23. The first-order chi connectivity index (χ1) is 9.29. The van der Waals surface area contributed by atoms with Gasteiger partial charge >= 0.3 is 0 Å². The maximum absolute atomic E-state index is 11.6. The molecular formula is C13H12N4OS. The Hall–Kier alpha value is -2.26. The third kappa shape index (κ3) is 3.86. The van der Waals surface area contributed by atoms with Gasteiger partial charge in [-0.15, -0.1) is 6.42 Å². The topological polar surface area (TPSA) is 70.7 Å². The second kappa shape index (κ2) is 6.61. The summed E-state index contributed by atoms with van der Waals surface area (Å²) in [6, 6.07) is 7.38. The van der Waals surface area contributed by atoms with Crippen molar-refractivity contribution >= 4 is 17.7 Å². The van der Waals surface area contributed by atoms with Gasteiger partial charge in [0, 0.05) is 11.3 Å². The van der Waals surface area contributed by atoms with Crippen molar-refractivity contribution in [1.29, 1.82) is 0 Å². The molecule has 96 valence electrons. The van der Waals surface area contributed by atoms with Crippen LogP contribution in [0.4, 0.5) is 0 Å². The van der Waals surface area contributed by atoms with E-state index < -0.39 is 0 Å². The van der Waals surface area contributed by atoms with Gasteiger partial charge in [-0.1, -0.05) is 29.8 Å². The molecule has 0 fully saturated rings. The molecule has 19 heavy (non-hydrogen) atoms. The van der Waals surface area contributed by atoms with E-state index in [0.717, 1.165) is 16.5 Å². The van der Waals surface area contributed by atoms with Gasteiger partial charge in [0.1, 0.15) is 6.33 Å². The normalized spacial score (nSPS) is 9.84. The zero-order valence-corrected chi connectivity index (χ0v) is 10.9. The fraction of sp³-hybridized carbons (Fsp3) is 0.154. The molecule has 0 atom stereocenters. The number of carbonyl (C=O) groups excluding carboxylic acids is 1. The Kier molecular flexibility index (Phi) is 4.59. The van der Waals surface area contributed by atoms with Crippen LogP contribution in [0.3, 0.4) is 0 Å². The van der Waals surface area contributed by atoms with E-state index in [-0.39, 0.29) is 12.5 Å². The van der Waals surface area contributed by atoms with Crippen LogP contribution in [0.15, 0.2) is 35.7 Å². The van der Waals surface area contributed by atoms with Crippen molar-refractivity contribution < 1.29 is 4.79 Å². The molecule has 1 heterocycles. The van der Waals surface area contributed by atoms with Crippen LogP contribution >= 0.6 is 11.8 Å². The number of thioether (sulfide) groups is 1. The molecule has 0 bridgehead atoms. The third-order valence-corrected chi connectivity index (χ3v) is 3.28. The number of H-pyrrole nitrogens is 1. The summed E-state index contributed by atoms with van der Waals surface area (Å²) in [7, 11) is 0. The molecule has 0 unspecified atom stereocenters. The van der Waals surface area contributed by atoms with Gasteiger partial charge in [-0.3, -0.25) is 9.89 Å². The second-order valence-electron chi connectivity index (χ2n) is 3.66. The molecule has 2 N–H and O–H groups in total. The predicted octanol–water partition coefficient (Wildman–Crippen LogP) is 1.46. The SMILES string of the molecule is C#CCNC(=O)c1ccc(CSc2ncn[nH]2)cc1. The highest BCUT2D eigenvalue weighted by Crippen LogP contribution is 2.18. The van der Waals surface area contributed by atoms with Gasteiger partial charge in [-0.05, 0) is 17.7 Å². The zero-order valence-electron chi connectivity index (χ0n) is 10.1. The Morgan fingerprint density at radius 2 is 2.21 bits per heavy atom. The van der Waals surface area contributed by atoms with Crippen LogP contribution in [0.1, 0.15) is 15.9 Å². The van der Waals surface area contributed by atoms with Gasteiger partial charge in [0.15, 0.2) is 5.16 Å². The van der Waals surface area contributed by atoms with E-state index in [1.807, 2.05) is 12.1 Å². The van der Waals surface area contributed by atoms with Crippen LogP contribution in [0, 0.1) is 12.3 Å². The van der Waals surface area contributed by atoms with Crippen molar-refractivity contribution in [3.63, 3.8) is 0 Å². The molecule has 1 aromatic heterocycles. The van der Waals surface area contributed by atoms with E-state index >= 15 is 0 Å². The molecule has 2 aromatic rings. The summed E-state index contributed by atoms with van der Waals surface area (Å²) in [6.45, 7) is 0.238. The molecular weight excluding hydrogens is 260 g/mol. The van der Waals surface area contributed by atoms with Crippen LogP contribution in [-0.4, -0.2) is 27.6 Å². The van der Waals surface area contributed by atoms with Crippen molar-refractivity contribution in [3.05, 3.63) is 41.7 Å².